The first-order chi connectivity index (χ1) is 11.1. The Kier molecular flexibility index (Phi) is 3.32. The van der Waals surface area contributed by atoms with Crippen molar-refractivity contribution >= 4 is 55.2 Å². The number of para-hydroxylation sites is 1. The first kappa shape index (κ1) is 14.2. The quantitative estimate of drug-likeness (QED) is 0.540. The Bertz CT molecular complexity index is 979. The third-order valence-corrected chi connectivity index (χ3v) is 4.88. The fourth-order valence-corrected chi connectivity index (χ4v) is 3.45. The number of aryl methyl sites for hydroxylation is 1. The molecule has 0 aliphatic heterocycles. The van der Waals surface area contributed by atoms with Crippen LogP contribution in [0, 0.1) is 6.92 Å². The highest BCUT2D eigenvalue weighted by Crippen LogP contribution is 2.30. The number of nitrogens with zero attached hydrogens (tertiary/aromatic N) is 1. The molecule has 114 valence electrons. The molecule has 0 atom stereocenters. The van der Waals surface area contributed by atoms with Crippen molar-refractivity contribution in [3.8, 4) is 0 Å². The molecular weight excluding hydrogens is 332 g/mol. The van der Waals surface area contributed by atoms with Gasteiger partial charge in [0.2, 0.25) is 0 Å². The van der Waals surface area contributed by atoms with Crippen LogP contribution in [0.2, 0.25) is 5.02 Å². The van der Waals surface area contributed by atoms with E-state index in [-0.39, 0.29) is 11.7 Å². The first-order valence-corrected chi connectivity index (χ1v) is 8.16. The Hall–Kier alpha value is -2.37. The summed E-state index contributed by atoms with van der Waals surface area (Å²) in [6.45, 7) is 1.94. The van der Waals surface area contributed by atoms with Crippen LogP contribution in [-0.4, -0.2) is 10.9 Å². The van der Waals surface area contributed by atoms with Gasteiger partial charge in [-0.05, 0) is 36.8 Å². The second-order valence-electron chi connectivity index (χ2n) is 5.19. The Morgan fingerprint density at radius 3 is 2.91 bits per heavy atom. The van der Waals surface area contributed by atoms with Gasteiger partial charge in [-0.2, -0.15) is 0 Å². The van der Waals surface area contributed by atoms with Gasteiger partial charge in [0.1, 0.15) is 5.58 Å². The molecule has 0 unspecified atom stereocenters. The summed E-state index contributed by atoms with van der Waals surface area (Å²) in [5, 5.41) is 4.86. The predicted molar refractivity (Wildman–Crippen MR) is 93.5 cm³/mol. The van der Waals surface area contributed by atoms with Gasteiger partial charge in [-0.3, -0.25) is 10.1 Å². The zero-order valence-electron chi connectivity index (χ0n) is 12.1. The van der Waals surface area contributed by atoms with Gasteiger partial charge in [-0.15, -0.1) is 0 Å². The Labute approximate surface area is 140 Å². The van der Waals surface area contributed by atoms with Crippen molar-refractivity contribution in [3.63, 3.8) is 0 Å². The molecule has 2 aromatic heterocycles. The molecule has 4 aromatic rings. The SMILES string of the molecule is Cc1cc2sc(NC(=O)c3cc4ccccc4o3)nc2cc1Cl. The van der Waals surface area contributed by atoms with E-state index in [0.717, 1.165) is 21.2 Å². The number of furan rings is 1. The molecule has 0 aliphatic carbocycles. The van der Waals surface area contributed by atoms with Gasteiger partial charge in [-0.25, -0.2) is 4.98 Å². The van der Waals surface area contributed by atoms with Crippen molar-refractivity contribution in [2.24, 2.45) is 0 Å². The van der Waals surface area contributed by atoms with Gasteiger partial charge in [0.15, 0.2) is 10.9 Å². The van der Waals surface area contributed by atoms with Crippen LogP contribution in [0.25, 0.3) is 21.2 Å². The Morgan fingerprint density at radius 2 is 2.09 bits per heavy atom. The number of hydrogen-bond acceptors (Lipinski definition) is 4. The van der Waals surface area contributed by atoms with Crippen LogP contribution >= 0.6 is 22.9 Å². The van der Waals surface area contributed by atoms with E-state index < -0.39 is 0 Å². The van der Waals surface area contributed by atoms with Crippen molar-refractivity contribution in [2.75, 3.05) is 5.32 Å². The Morgan fingerprint density at radius 1 is 1.26 bits per heavy atom. The highest BCUT2D eigenvalue weighted by Gasteiger charge is 2.15. The first-order valence-electron chi connectivity index (χ1n) is 6.97. The summed E-state index contributed by atoms with van der Waals surface area (Å²) in [4.78, 5) is 16.7. The minimum atomic E-state index is -0.317. The molecule has 0 bridgehead atoms. The number of amides is 1. The molecule has 6 heteroatoms. The second-order valence-corrected chi connectivity index (χ2v) is 6.63. The maximum absolute atomic E-state index is 12.3. The average Bonchev–Trinajstić information content (AvgIpc) is 3.11. The second kappa shape index (κ2) is 5.37. The van der Waals surface area contributed by atoms with Gasteiger partial charge >= 0.3 is 0 Å². The lowest BCUT2D eigenvalue weighted by Crippen LogP contribution is -2.10. The maximum Gasteiger partial charge on any atom is 0.293 e. The number of anilines is 1. The zero-order chi connectivity index (χ0) is 16.0. The molecule has 1 amide bonds. The van der Waals surface area contributed by atoms with E-state index in [0.29, 0.717) is 15.7 Å². The molecule has 0 spiro atoms. The molecule has 0 fully saturated rings. The number of nitrogens with one attached hydrogen (secondary N) is 1. The summed E-state index contributed by atoms with van der Waals surface area (Å²) in [7, 11) is 0. The van der Waals surface area contributed by atoms with E-state index in [4.69, 9.17) is 16.0 Å². The van der Waals surface area contributed by atoms with E-state index in [1.54, 1.807) is 12.1 Å². The summed E-state index contributed by atoms with van der Waals surface area (Å²) in [5.74, 6) is -0.0530. The number of carbonyl (C=O) groups is 1. The van der Waals surface area contributed by atoms with Crippen LogP contribution in [0.1, 0.15) is 16.1 Å². The van der Waals surface area contributed by atoms with Crippen molar-refractivity contribution in [2.45, 2.75) is 6.92 Å². The molecule has 2 aromatic carbocycles. The van der Waals surface area contributed by atoms with Gasteiger partial charge in [0.25, 0.3) is 5.91 Å². The lowest BCUT2D eigenvalue weighted by Gasteiger charge is -1.96. The van der Waals surface area contributed by atoms with Crippen LogP contribution in [0.15, 0.2) is 46.9 Å². The predicted octanol–water partition coefficient (Wildman–Crippen LogP) is 5.26. The van der Waals surface area contributed by atoms with Crippen molar-refractivity contribution in [3.05, 3.63) is 58.8 Å². The van der Waals surface area contributed by atoms with Crippen molar-refractivity contribution in [1.29, 1.82) is 0 Å². The third kappa shape index (κ3) is 2.58. The van der Waals surface area contributed by atoms with Gasteiger partial charge in [0.05, 0.1) is 10.2 Å². The van der Waals surface area contributed by atoms with E-state index in [1.165, 1.54) is 11.3 Å². The standard InChI is InChI=1S/C17H11ClN2O2S/c1-9-6-15-12(8-11(9)18)19-17(23-15)20-16(21)14-7-10-4-2-3-5-13(10)22-14/h2-8H,1H3,(H,19,20,21). The fourth-order valence-electron chi connectivity index (χ4n) is 2.36. The summed E-state index contributed by atoms with van der Waals surface area (Å²) < 4.78 is 6.54. The number of thiazole rings is 1. The summed E-state index contributed by atoms with van der Waals surface area (Å²) in [5.41, 5.74) is 2.44. The minimum absolute atomic E-state index is 0.264. The van der Waals surface area contributed by atoms with Gasteiger partial charge in [0, 0.05) is 10.4 Å². The van der Waals surface area contributed by atoms with Crippen LogP contribution in [0.4, 0.5) is 5.13 Å². The van der Waals surface area contributed by atoms with Crippen LogP contribution in [0.3, 0.4) is 0 Å². The van der Waals surface area contributed by atoms with E-state index in [2.05, 4.69) is 10.3 Å². The Balaban J connectivity index is 1.65. The zero-order valence-corrected chi connectivity index (χ0v) is 13.7. The molecular formula is C17H11ClN2O2S. The topological polar surface area (TPSA) is 55.1 Å². The monoisotopic (exact) mass is 342 g/mol. The normalized spacial score (nSPS) is 11.2. The minimum Gasteiger partial charge on any atom is -0.451 e. The lowest BCUT2D eigenvalue weighted by atomic mass is 10.2. The number of fused-ring (bicyclic) bond motifs is 2. The number of halogens is 1. The van der Waals surface area contributed by atoms with Crippen molar-refractivity contribution < 1.29 is 9.21 Å². The van der Waals surface area contributed by atoms with Crippen LogP contribution in [0.5, 0.6) is 0 Å². The number of hydrogen-bond donors (Lipinski definition) is 1. The molecule has 0 saturated heterocycles. The van der Waals surface area contributed by atoms with E-state index in [9.17, 15) is 4.79 Å². The molecule has 0 saturated carbocycles. The van der Waals surface area contributed by atoms with E-state index in [1.807, 2.05) is 37.3 Å². The van der Waals surface area contributed by atoms with Crippen molar-refractivity contribution in [1.82, 2.24) is 4.98 Å². The fraction of sp³-hybridized carbons (Fsp3) is 0.0588. The molecule has 23 heavy (non-hydrogen) atoms. The van der Waals surface area contributed by atoms with Gasteiger partial charge in [-0.1, -0.05) is 41.1 Å². The summed E-state index contributed by atoms with van der Waals surface area (Å²) in [6.07, 6.45) is 0. The molecule has 2 heterocycles. The van der Waals surface area contributed by atoms with Crippen LogP contribution in [-0.2, 0) is 0 Å². The van der Waals surface area contributed by atoms with E-state index >= 15 is 0 Å². The summed E-state index contributed by atoms with van der Waals surface area (Å²) >= 11 is 7.51. The van der Waals surface area contributed by atoms with Gasteiger partial charge < -0.3 is 4.42 Å². The number of rotatable bonds is 2. The molecule has 4 rings (SSSR count). The highest BCUT2D eigenvalue weighted by atomic mass is 35.5. The number of carbonyl (C=O) groups excluding carboxylic acids is 1. The lowest BCUT2D eigenvalue weighted by molar-refractivity contribution is 0.0998. The molecule has 0 radical (unpaired) electrons. The largest absolute Gasteiger partial charge is 0.451 e. The number of benzene rings is 2. The molecule has 4 nitrogen and oxygen atoms in total. The molecule has 0 aliphatic rings. The number of aromatic nitrogens is 1. The smallest absolute Gasteiger partial charge is 0.293 e. The van der Waals surface area contributed by atoms with Crippen LogP contribution < -0.4 is 5.32 Å². The molecule has 1 N–H and O–H groups in total. The average molecular weight is 343 g/mol. The third-order valence-electron chi connectivity index (χ3n) is 3.54. The highest BCUT2D eigenvalue weighted by molar-refractivity contribution is 7.22. The maximum atomic E-state index is 12.3. The summed E-state index contributed by atoms with van der Waals surface area (Å²) in [6, 6.07) is 13.0.